The molecule has 13 heavy (non-hydrogen) atoms. The summed E-state index contributed by atoms with van der Waals surface area (Å²) >= 11 is 0. The first-order valence-electron chi connectivity index (χ1n) is 4.58. The Morgan fingerprint density at radius 2 is 2.15 bits per heavy atom. The van der Waals surface area contributed by atoms with Crippen LogP contribution in [0.5, 0.6) is 0 Å². The van der Waals surface area contributed by atoms with Crippen LogP contribution in [0.4, 0.5) is 0 Å². The SMILES string of the molecule is CC=CCc1cc2ccccc2[nH]1. The first-order valence-corrected chi connectivity index (χ1v) is 4.58. The summed E-state index contributed by atoms with van der Waals surface area (Å²) < 4.78 is 0. The summed E-state index contributed by atoms with van der Waals surface area (Å²) in [6.07, 6.45) is 5.22. The first kappa shape index (κ1) is 8.11. The van der Waals surface area contributed by atoms with Crippen molar-refractivity contribution in [3.05, 3.63) is 48.2 Å². The molecule has 0 saturated carbocycles. The highest BCUT2D eigenvalue weighted by Gasteiger charge is 1.96. The predicted molar refractivity (Wildman–Crippen MR) is 56.8 cm³/mol. The lowest BCUT2D eigenvalue weighted by atomic mass is 10.2. The van der Waals surface area contributed by atoms with Gasteiger partial charge >= 0.3 is 0 Å². The largest absolute Gasteiger partial charge is 0.358 e. The number of nitrogens with one attached hydrogen (secondary N) is 1. The van der Waals surface area contributed by atoms with Gasteiger partial charge in [-0.1, -0.05) is 30.4 Å². The van der Waals surface area contributed by atoms with Crippen molar-refractivity contribution >= 4 is 10.9 Å². The van der Waals surface area contributed by atoms with E-state index in [1.54, 1.807) is 0 Å². The monoisotopic (exact) mass is 171 g/mol. The van der Waals surface area contributed by atoms with Crippen LogP contribution < -0.4 is 0 Å². The van der Waals surface area contributed by atoms with Gasteiger partial charge in [-0.2, -0.15) is 0 Å². The van der Waals surface area contributed by atoms with Crippen LogP contribution in [-0.2, 0) is 6.42 Å². The molecule has 66 valence electrons. The topological polar surface area (TPSA) is 15.8 Å². The van der Waals surface area contributed by atoms with E-state index in [2.05, 4.69) is 47.5 Å². The summed E-state index contributed by atoms with van der Waals surface area (Å²) in [5, 5.41) is 1.29. The van der Waals surface area contributed by atoms with Crippen molar-refractivity contribution < 1.29 is 0 Å². The van der Waals surface area contributed by atoms with Gasteiger partial charge in [-0.05, 0) is 24.4 Å². The summed E-state index contributed by atoms with van der Waals surface area (Å²) in [4.78, 5) is 3.38. The molecule has 1 heteroatoms. The highest BCUT2D eigenvalue weighted by Crippen LogP contribution is 2.14. The van der Waals surface area contributed by atoms with Crippen LogP contribution in [0.1, 0.15) is 12.6 Å². The van der Waals surface area contributed by atoms with Crippen LogP contribution in [0.3, 0.4) is 0 Å². The highest BCUT2D eigenvalue weighted by molar-refractivity contribution is 5.80. The molecular formula is C12H13N. The number of aromatic nitrogens is 1. The lowest BCUT2D eigenvalue weighted by Gasteiger charge is -1.87. The molecule has 1 heterocycles. The van der Waals surface area contributed by atoms with Crippen LogP contribution >= 0.6 is 0 Å². The van der Waals surface area contributed by atoms with E-state index < -0.39 is 0 Å². The number of para-hydroxylation sites is 1. The molecule has 0 unspecified atom stereocenters. The number of rotatable bonds is 2. The Labute approximate surface area is 78.1 Å². The Bertz CT molecular complexity index is 390. The van der Waals surface area contributed by atoms with E-state index in [1.807, 2.05) is 6.92 Å². The number of fused-ring (bicyclic) bond motifs is 1. The molecule has 0 bridgehead atoms. The second-order valence-corrected chi connectivity index (χ2v) is 3.15. The maximum Gasteiger partial charge on any atom is 0.0456 e. The second-order valence-electron chi connectivity index (χ2n) is 3.15. The zero-order valence-corrected chi connectivity index (χ0v) is 7.75. The summed E-state index contributed by atoms with van der Waals surface area (Å²) in [5.74, 6) is 0. The van der Waals surface area contributed by atoms with Gasteiger partial charge < -0.3 is 4.98 Å². The average molecular weight is 171 g/mol. The van der Waals surface area contributed by atoms with Gasteiger partial charge in [-0.25, -0.2) is 0 Å². The Kier molecular flexibility index (Phi) is 2.17. The molecule has 0 amide bonds. The van der Waals surface area contributed by atoms with E-state index in [4.69, 9.17) is 0 Å². The molecule has 2 aromatic rings. The third kappa shape index (κ3) is 1.64. The van der Waals surface area contributed by atoms with Crippen molar-refractivity contribution in [3.63, 3.8) is 0 Å². The Morgan fingerprint density at radius 3 is 2.92 bits per heavy atom. The van der Waals surface area contributed by atoms with Crippen molar-refractivity contribution in [2.75, 3.05) is 0 Å². The molecule has 0 spiro atoms. The Morgan fingerprint density at radius 1 is 1.31 bits per heavy atom. The van der Waals surface area contributed by atoms with E-state index in [9.17, 15) is 0 Å². The van der Waals surface area contributed by atoms with Gasteiger partial charge in [0, 0.05) is 17.6 Å². The Balaban J connectivity index is 2.38. The second kappa shape index (κ2) is 3.48. The maximum absolute atomic E-state index is 3.38. The van der Waals surface area contributed by atoms with E-state index in [1.165, 1.54) is 16.6 Å². The van der Waals surface area contributed by atoms with Crippen molar-refractivity contribution in [2.24, 2.45) is 0 Å². The molecule has 2 rings (SSSR count). The molecule has 0 fully saturated rings. The summed E-state index contributed by atoms with van der Waals surface area (Å²) in [5.41, 5.74) is 2.50. The highest BCUT2D eigenvalue weighted by atomic mass is 14.7. The average Bonchev–Trinajstić information content (AvgIpc) is 2.57. The number of H-pyrrole nitrogens is 1. The molecule has 0 atom stereocenters. The normalized spacial score (nSPS) is 11.5. The number of aromatic amines is 1. The van der Waals surface area contributed by atoms with Gasteiger partial charge in [-0.3, -0.25) is 0 Å². The quantitative estimate of drug-likeness (QED) is 0.667. The lowest BCUT2D eigenvalue weighted by Crippen LogP contribution is -1.77. The van der Waals surface area contributed by atoms with Gasteiger partial charge in [0.15, 0.2) is 0 Å². The van der Waals surface area contributed by atoms with E-state index >= 15 is 0 Å². The van der Waals surface area contributed by atoms with E-state index in [0.29, 0.717) is 0 Å². The van der Waals surface area contributed by atoms with E-state index in [-0.39, 0.29) is 0 Å². The van der Waals surface area contributed by atoms with Crippen LogP contribution in [0.15, 0.2) is 42.5 Å². The predicted octanol–water partition coefficient (Wildman–Crippen LogP) is 3.29. The molecule has 0 aliphatic heterocycles. The smallest absolute Gasteiger partial charge is 0.0456 e. The van der Waals surface area contributed by atoms with Gasteiger partial charge in [0.2, 0.25) is 0 Å². The number of hydrogen-bond donors (Lipinski definition) is 1. The molecule has 1 aromatic carbocycles. The fraction of sp³-hybridized carbons (Fsp3) is 0.167. The van der Waals surface area contributed by atoms with Gasteiger partial charge in [-0.15, -0.1) is 0 Å². The molecule has 0 aliphatic carbocycles. The van der Waals surface area contributed by atoms with Crippen LogP contribution in [0.2, 0.25) is 0 Å². The minimum atomic E-state index is 0.991. The van der Waals surface area contributed by atoms with Gasteiger partial charge in [0.25, 0.3) is 0 Å². The zero-order valence-electron chi connectivity index (χ0n) is 7.75. The molecule has 1 aromatic heterocycles. The molecule has 0 radical (unpaired) electrons. The first-order chi connectivity index (χ1) is 6.40. The molecule has 0 saturated heterocycles. The summed E-state index contributed by atoms with van der Waals surface area (Å²) in [7, 11) is 0. The standard InChI is InChI=1S/C12H13N/c1-2-3-7-11-9-10-6-4-5-8-12(10)13-11/h2-6,8-9,13H,7H2,1H3. The van der Waals surface area contributed by atoms with Crippen LogP contribution in [0.25, 0.3) is 10.9 Å². The third-order valence-corrected chi connectivity index (χ3v) is 2.16. The van der Waals surface area contributed by atoms with Crippen molar-refractivity contribution in [3.8, 4) is 0 Å². The summed E-state index contributed by atoms with van der Waals surface area (Å²) in [6.45, 7) is 2.04. The maximum atomic E-state index is 3.38. The van der Waals surface area contributed by atoms with Crippen LogP contribution in [0, 0.1) is 0 Å². The van der Waals surface area contributed by atoms with Crippen molar-refractivity contribution in [1.82, 2.24) is 4.98 Å². The van der Waals surface area contributed by atoms with Crippen molar-refractivity contribution in [2.45, 2.75) is 13.3 Å². The minimum Gasteiger partial charge on any atom is -0.358 e. The third-order valence-electron chi connectivity index (χ3n) is 2.16. The number of benzene rings is 1. The van der Waals surface area contributed by atoms with Crippen molar-refractivity contribution in [1.29, 1.82) is 0 Å². The Hall–Kier alpha value is -1.50. The minimum absolute atomic E-state index is 0.991. The lowest BCUT2D eigenvalue weighted by molar-refractivity contribution is 1.17. The summed E-state index contributed by atoms with van der Waals surface area (Å²) in [6, 6.07) is 10.6. The van der Waals surface area contributed by atoms with Gasteiger partial charge in [0.1, 0.15) is 0 Å². The number of allylic oxidation sites excluding steroid dienone is 2. The van der Waals surface area contributed by atoms with Crippen LogP contribution in [-0.4, -0.2) is 4.98 Å². The fourth-order valence-electron chi connectivity index (χ4n) is 1.49. The zero-order chi connectivity index (χ0) is 9.10. The molecule has 1 N–H and O–H groups in total. The fourth-order valence-corrected chi connectivity index (χ4v) is 1.49. The molecule has 1 nitrogen and oxygen atoms in total. The molecule has 0 aliphatic rings. The number of hydrogen-bond acceptors (Lipinski definition) is 0. The van der Waals surface area contributed by atoms with Gasteiger partial charge in [0.05, 0.1) is 0 Å². The molecular weight excluding hydrogens is 158 g/mol. The van der Waals surface area contributed by atoms with E-state index in [0.717, 1.165) is 6.42 Å².